The topological polar surface area (TPSA) is 33.7 Å². The van der Waals surface area contributed by atoms with Crippen LogP contribution in [0, 0.1) is 5.92 Å². The summed E-state index contributed by atoms with van der Waals surface area (Å²) < 4.78 is 10.8. The van der Waals surface area contributed by atoms with Gasteiger partial charge in [-0.25, -0.2) is 0 Å². The zero-order valence-corrected chi connectivity index (χ0v) is 13.2. The SMILES string of the molecule is COCCNCC1CCN(CCOC(C)(C)C)CC1. The van der Waals surface area contributed by atoms with E-state index in [4.69, 9.17) is 9.47 Å². The van der Waals surface area contributed by atoms with Gasteiger partial charge >= 0.3 is 0 Å². The summed E-state index contributed by atoms with van der Waals surface area (Å²) in [7, 11) is 1.75. The fourth-order valence-electron chi connectivity index (χ4n) is 2.38. The van der Waals surface area contributed by atoms with Gasteiger partial charge in [0, 0.05) is 20.2 Å². The maximum atomic E-state index is 5.78. The average molecular weight is 272 g/mol. The second-order valence-electron chi connectivity index (χ2n) is 6.44. The van der Waals surface area contributed by atoms with Gasteiger partial charge in [0.15, 0.2) is 0 Å². The van der Waals surface area contributed by atoms with E-state index in [1.54, 1.807) is 7.11 Å². The molecule has 1 aliphatic rings. The van der Waals surface area contributed by atoms with Crippen LogP contribution < -0.4 is 5.32 Å². The van der Waals surface area contributed by atoms with Crippen LogP contribution in [0.3, 0.4) is 0 Å². The largest absolute Gasteiger partial charge is 0.383 e. The fraction of sp³-hybridized carbons (Fsp3) is 1.00. The summed E-state index contributed by atoms with van der Waals surface area (Å²) in [5.74, 6) is 0.830. The predicted molar refractivity (Wildman–Crippen MR) is 79.6 cm³/mol. The van der Waals surface area contributed by atoms with Crippen molar-refractivity contribution < 1.29 is 9.47 Å². The van der Waals surface area contributed by atoms with E-state index in [2.05, 4.69) is 31.0 Å². The minimum atomic E-state index is -0.0103. The molecule has 0 aromatic carbocycles. The van der Waals surface area contributed by atoms with Crippen LogP contribution >= 0.6 is 0 Å². The molecule has 0 aliphatic carbocycles. The normalized spacial score (nSPS) is 18.9. The average Bonchev–Trinajstić information content (AvgIpc) is 2.35. The van der Waals surface area contributed by atoms with E-state index in [9.17, 15) is 0 Å². The van der Waals surface area contributed by atoms with Gasteiger partial charge in [-0.2, -0.15) is 0 Å². The molecule has 0 atom stereocenters. The van der Waals surface area contributed by atoms with Crippen molar-refractivity contribution in [3.05, 3.63) is 0 Å². The Morgan fingerprint density at radius 3 is 2.42 bits per heavy atom. The minimum absolute atomic E-state index is 0.0103. The van der Waals surface area contributed by atoms with Gasteiger partial charge in [-0.1, -0.05) is 0 Å². The molecule has 1 saturated heterocycles. The molecule has 114 valence electrons. The molecule has 4 heteroatoms. The third-order valence-corrected chi connectivity index (χ3v) is 3.57. The summed E-state index contributed by atoms with van der Waals surface area (Å²) in [5.41, 5.74) is -0.0103. The van der Waals surface area contributed by atoms with E-state index < -0.39 is 0 Å². The molecule has 1 aliphatic heterocycles. The Balaban J connectivity index is 2.02. The van der Waals surface area contributed by atoms with Crippen LogP contribution in [0.1, 0.15) is 33.6 Å². The minimum Gasteiger partial charge on any atom is -0.383 e. The maximum absolute atomic E-state index is 5.78. The van der Waals surface area contributed by atoms with Crippen molar-refractivity contribution in [1.82, 2.24) is 10.2 Å². The van der Waals surface area contributed by atoms with Crippen molar-refractivity contribution in [2.45, 2.75) is 39.2 Å². The molecule has 0 saturated carbocycles. The first kappa shape index (κ1) is 16.9. The lowest BCUT2D eigenvalue weighted by atomic mass is 9.97. The van der Waals surface area contributed by atoms with Gasteiger partial charge in [-0.05, 0) is 59.2 Å². The summed E-state index contributed by atoms with van der Waals surface area (Å²) >= 11 is 0. The molecule has 0 unspecified atom stereocenters. The highest BCUT2D eigenvalue weighted by atomic mass is 16.5. The van der Waals surface area contributed by atoms with Gasteiger partial charge in [-0.15, -0.1) is 0 Å². The number of piperidine rings is 1. The van der Waals surface area contributed by atoms with Crippen molar-refractivity contribution in [2.75, 3.05) is 53.0 Å². The second-order valence-corrected chi connectivity index (χ2v) is 6.44. The number of nitrogens with zero attached hydrogens (tertiary/aromatic N) is 1. The summed E-state index contributed by atoms with van der Waals surface area (Å²) in [6.07, 6.45) is 2.60. The lowest BCUT2D eigenvalue weighted by Crippen LogP contribution is -2.40. The fourth-order valence-corrected chi connectivity index (χ4v) is 2.38. The lowest BCUT2D eigenvalue weighted by Gasteiger charge is -2.32. The molecule has 1 heterocycles. The Bertz CT molecular complexity index is 221. The van der Waals surface area contributed by atoms with Crippen LogP contribution in [-0.2, 0) is 9.47 Å². The molecule has 0 bridgehead atoms. The quantitative estimate of drug-likeness (QED) is 0.683. The second kappa shape index (κ2) is 8.90. The van der Waals surface area contributed by atoms with E-state index in [-0.39, 0.29) is 5.60 Å². The molecule has 0 spiro atoms. The maximum Gasteiger partial charge on any atom is 0.0600 e. The Labute approximate surface area is 118 Å². The van der Waals surface area contributed by atoms with Crippen LogP contribution in [0.25, 0.3) is 0 Å². The van der Waals surface area contributed by atoms with Gasteiger partial charge in [0.2, 0.25) is 0 Å². The smallest absolute Gasteiger partial charge is 0.0600 e. The van der Waals surface area contributed by atoms with Crippen molar-refractivity contribution in [2.24, 2.45) is 5.92 Å². The molecule has 1 fully saturated rings. The first-order valence-corrected chi connectivity index (χ1v) is 7.57. The summed E-state index contributed by atoms with van der Waals surface area (Å²) in [6, 6.07) is 0. The van der Waals surface area contributed by atoms with Gasteiger partial charge < -0.3 is 19.7 Å². The monoisotopic (exact) mass is 272 g/mol. The number of methoxy groups -OCH3 is 1. The third kappa shape index (κ3) is 8.58. The van der Waals surface area contributed by atoms with Crippen molar-refractivity contribution >= 4 is 0 Å². The van der Waals surface area contributed by atoms with Crippen molar-refractivity contribution in [3.8, 4) is 0 Å². The van der Waals surface area contributed by atoms with E-state index in [0.29, 0.717) is 0 Å². The van der Waals surface area contributed by atoms with Crippen molar-refractivity contribution in [3.63, 3.8) is 0 Å². The Morgan fingerprint density at radius 1 is 1.16 bits per heavy atom. The highest BCUT2D eigenvalue weighted by Crippen LogP contribution is 2.16. The number of hydrogen-bond donors (Lipinski definition) is 1. The molecule has 0 amide bonds. The number of nitrogens with one attached hydrogen (secondary N) is 1. The number of hydrogen-bond acceptors (Lipinski definition) is 4. The highest BCUT2D eigenvalue weighted by molar-refractivity contribution is 4.74. The third-order valence-electron chi connectivity index (χ3n) is 3.57. The van der Waals surface area contributed by atoms with Gasteiger partial charge in [0.1, 0.15) is 0 Å². The molecular weight excluding hydrogens is 240 g/mol. The lowest BCUT2D eigenvalue weighted by molar-refractivity contribution is -0.0161. The highest BCUT2D eigenvalue weighted by Gasteiger charge is 2.19. The Kier molecular flexibility index (Phi) is 7.91. The number of likely N-dealkylation sites (tertiary alicyclic amines) is 1. The zero-order valence-electron chi connectivity index (χ0n) is 13.2. The Morgan fingerprint density at radius 2 is 1.84 bits per heavy atom. The molecule has 4 nitrogen and oxygen atoms in total. The summed E-state index contributed by atoms with van der Waals surface area (Å²) in [5, 5.41) is 3.47. The van der Waals surface area contributed by atoms with Crippen molar-refractivity contribution in [1.29, 1.82) is 0 Å². The Hall–Kier alpha value is -0.160. The van der Waals surface area contributed by atoms with Crippen LogP contribution in [0.5, 0.6) is 0 Å². The van der Waals surface area contributed by atoms with Crippen LogP contribution in [0.4, 0.5) is 0 Å². The van der Waals surface area contributed by atoms with Crippen LogP contribution in [-0.4, -0.2) is 63.5 Å². The molecule has 0 aromatic heterocycles. The molecule has 19 heavy (non-hydrogen) atoms. The van der Waals surface area contributed by atoms with Crippen LogP contribution in [0.15, 0.2) is 0 Å². The number of ether oxygens (including phenoxy) is 2. The number of rotatable bonds is 8. The van der Waals surface area contributed by atoms with E-state index in [1.165, 1.54) is 25.9 Å². The molecule has 1 rings (SSSR count). The molecule has 0 aromatic rings. The first-order chi connectivity index (χ1) is 9.01. The van der Waals surface area contributed by atoms with Gasteiger partial charge in [0.25, 0.3) is 0 Å². The van der Waals surface area contributed by atoms with Crippen LogP contribution in [0.2, 0.25) is 0 Å². The van der Waals surface area contributed by atoms with E-state index >= 15 is 0 Å². The first-order valence-electron chi connectivity index (χ1n) is 7.57. The predicted octanol–water partition coefficient (Wildman–Crippen LogP) is 1.75. The molecule has 0 radical (unpaired) electrons. The summed E-state index contributed by atoms with van der Waals surface area (Å²) in [6.45, 7) is 13.6. The van der Waals surface area contributed by atoms with E-state index in [1.807, 2.05) is 0 Å². The summed E-state index contributed by atoms with van der Waals surface area (Å²) in [4.78, 5) is 2.53. The van der Waals surface area contributed by atoms with Gasteiger partial charge in [-0.3, -0.25) is 0 Å². The van der Waals surface area contributed by atoms with Gasteiger partial charge in [0.05, 0.1) is 18.8 Å². The van der Waals surface area contributed by atoms with E-state index in [0.717, 1.165) is 38.8 Å². The zero-order chi connectivity index (χ0) is 14.1. The standard InChI is InChI=1S/C15H32N2O2/c1-15(2,3)19-12-10-17-8-5-14(6-9-17)13-16-7-11-18-4/h14,16H,5-13H2,1-4H3. The molecular formula is C15H32N2O2. The molecule has 1 N–H and O–H groups in total.